The summed E-state index contributed by atoms with van der Waals surface area (Å²) in [5.74, 6) is -0.338. The SMILES string of the molecule is O=C(NCc1ccccn1)c1cccc(S(=O)(=O)NCCC2=CCCCC2)c1. The monoisotopic (exact) mass is 399 g/mol. The standard InChI is InChI=1S/C21H25N3O3S/c25-21(23-16-19-10-4-5-13-22-19)18-9-6-11-20(15-18)28(26,27)24-14-12-17-7-2-1-3-8-17/h4-7,9-11,13,15,24H,1-3,8,12,14,16H2,(H,23,25). The first kappa shape index (κ1) is 20.2. The minimum absolute atomic E-state index is 0.0932. The molecule has 0 atom stereocenters. The highest BCUT2D eigenvalue weighted by Crippen LogP contribution is 2.20. The molecule has 0 spiro atoms. The third-order valence-corrected chi connectivity index (χ3v) is 6.14. The molecule has 1 aliphatic carbocycles. The van der Waals surface area contributed by atoms with Gasteiger partial charge in [-0.3, -0.25) is 9.78 Å². The average Bonchev–Trinajstić information content (AvgIpc) is 2.73. The number of nitrogens with zero attached hydrogens (tertiary/aromatic N) is 1. The van der Waals surface area contributed by atoms with Crippen molar-refractivity contribution in [2.24, 2.45) is 0 Å². The van der Waals surface area contributed by atoms with Crippen LogP contribution in [0.15, 0.2) is 65.2 Å². The molecule has 0 fully saturated rings. The fourth-order valence-corrected chi connectivity index (χ4v) is 4.22. The number of carbonyl (C=O) groups excluding carboxylic acids is 1. The molecule has 7 heteroatoms. The van der Waals surface area contributed by atoms with E-state index in [4.69, 9.17) is 0 Å². The molecule has 1 heterocycles. The molecular weight excluding hydrogens is 374 g/mol. The number of hydrogen-bond acceptors (Lipinski definition) is 4. The van der Waals surface area contributed by atoms with E-state index in [0.717, 1.165) is 25.0 Å². The average molecular weight is 400 g/mol. The largest absolute Gasteiger partial charge is 0.346 e. The van der Waals surface area contributed by atoms with Gasteiger partial charge in [-0.2, -0.15) is 0 Å². The van der Waals surface area contributed by atoms with Gasteiger partial charge in [0.05, 0.1) is 17.1 Å². The van der Waals surface area contributed by atoms with Crippen LogP contribution in [0.5, 0.6) is 0 Å². The lowest BCUT2D eigenvalue weighted by Gasteiger charge is -2.13. The summed E-state index contributed by atoms with van der Waals surface area (Å²) >= 11 is 0. The van der Waals surface area contributed by atoms with Crippen LogP contribution >= 0.6 is 0 Å². The molecule has 1 aromatic carbocycles. The molecule has 0 aliphatic heterocycles. The quantitative estimate of drug-likeness (QED) is 0.668. The summed E-state index contributed by atoms with van der Waals surface area (Å²) < 4.78 is 27.7. The van der Waals surface area contributed by atoms with Crippen molar-refractivity contribution in [2.75, 3.05) is 6.54 Å². The lowest BCUT2D eigenvalue weighted by molar-refractivity contribution is 0.0950. The van der Waals surface area contributed by atoms with Crippen molar-refractivity contribution in [3.8, 4) is 0 Å². The molecule has 0 bridgehead atoms. The number of hydrogen-bond donors (Lipinski definition) is 2. The van der Waals surface area contributed by atoms with E-state index in [9.17, 15) is 13.2 Å². The maximum absolute atomic E-state index is 12.6. The van der Waals surface area contributed by atoms with Crippen molar-refractivity contribution >= 4 is 15.9 Å². The summed E-state index contributed by atoms with van der Waals surface area (Å²) in [4.78, 5) is 16.6. The van der Waals surface area contributed by atoms with Gasteiger partial charge < -0.3 is 5.32 Å². The van der Waals surface area contributed by atoms with Crippen LogP contribution in [-0.2, 0) is 16.6 Å². The second kappa shape index (κ2) is 9.61. The lowest BCUT2D eigenvalue weighted by Crippen LogP contribution is -2.26. The third-order valence-electron chi connectivity index (χ3n) is 4.69. The molecule has 3 rings (SSSR count). The van der Waals surface area contributed by atoms with Crippen molar-refractivity contribution in [1.29, 1.82) is 0 Å². The summed E-state index contributed by atoms with van der Waals surface area (Å²) in [7, 11) is -3.65. The van der Waals surface area contributed by atoms with Crippen LogP contribution in [0.2, 0.25) is 0 Å². The van der Waals surface area contributed by atoms with Crippen molar-refractivity contribution in [3.63, 3.8) is 0 Å². The maximum Gasteiger partial charge on any atom is 0.251 e. The van der Waals surface area contributed by atoms with Gasteiger partial charge in [0, 0.05) is 18.3 Å². The molecule has 0 radical (unpaired) electrons. The molecule has 148 valence electrons. The number of carbonyl (C=O) groups is 1. The van der Waals surface area contributed by atoms with Gasteiger partial charge in [0.1, 0.15) is 0 Å². The van der Waals surface area contributed by atoms with Crippen molar-refractivity contribution in [3.05, 3.63) is 71.6 Å². The van der Waals surface area contributed by atoms with Crippen LogP contribution < -0.4 is 10.0 Å². The van der Waals surface area contributed by atoms with Gasteiger partial charge in [0.25, 0.3) is 5.91 Å². The molecule has 1 aromatic heterocycles. The van der Waals surface area contributed by atoms with Crippen LogP contribution in [0.4, 0.5) is 0 Å². The predicted molar refractivity (Wildman–Crippen MR) is 108 cm³/mol. The zero-order valence-corrected chi connectivity index (χ0v) is 16.5. The summed E-state index contributed by atoms with van der Waals surface area (Å²) in [5.41, 5.74) is 2.35. The molecule has 1 aliphatic rings. The van der Waals surface area contributed by atoms with Crippen LogP contribution in [0.3, 0.4) is 0 Å². The number of nitrogens with one attached hydrogen (secondary N) is 2. The Kier molecular flexibility index (Phi) is 6.95. The predicted octanol–water partition coefficient (Wildman–Crippen LogP) is 3.18. The van der Waals surface area contributed by atoms with E-state index in [1.54, 1.807) is 24.4 Å². The highest BCUT2D eigenvalue weighted by Gasteiger charge is 2.16. The van der Waals surface area contributed by atoms with Gasteiger partial charge in [-0.25, -0.2) is 13.1 Å². The number of amides is 1. The first-order chi connectivity index (χ1) is 13.5. The highest BCUT2D eigenvalue weighted by atomic mass is 32.2. The lowest BCUT2D eigenvalue weighted by atomic mass is 9.97. The second-order valence-electron chi connectivity index (χ2n) is 6.79. The maximum atomic E-state index is 12.6. The van der Waals surface area contributed by atoms with Gasteiger partial charge in [0.15, 0.2) is 0 Å². The van der Waals surface area contributed by atoms with Gasteiger partial charge in [-0.05, 0) is 62.4 Å². The van der Waals surface area contributed by atoms with Crippen LogP contribution in [0.25, 0.3) is 0 Å². The number of benzene rings is 1. The summed E-state index contributed by atoms with van der Waals surface area (Å²) in [5, 5.41) is 2.76. The van der Waals surface area contributed by atoms with Gasteiger partial charge in [0.2, 0.25) is 10.0 Å². The Morgan fingerprint density at radius 3 is 2.75 bits per heavy atom. The van der Waals surface area contributed by atoms with Gasteiger partial charge in [-0.15, -0.1) is 0 Å². The third kappa shape index (κ3) is 5.74. The topological polar surface area (TPSA) is 88.2 Å². The molecule has 0 saturated carbocycles. The molecule has 0 saturated heterocycles. The van der Waals surface area contributed by atoms with E-state index in [2.05, 4.69) is 21.1 Å². The van der Waals surface area contributed by atoms with E-state index in [1.807, 2.05) is 12.1 Å². The fraction of sp³-hybridized carbons (Fsp3) is 0.333. The van der Waals surface area contributed by atoms with E-state index < -0.39 is 10.0 Å². The van der Waals surface area contributed by atoms with Crippen molar-refractivity contribution < 1.29 is 13.2 Å². The van der Waals surface area contributed by atoms with Crippen LogP contribution in [-0.4, -0.2) is 25.9 Å². The summed E-state index contributed by atoms with van der Waals surface area (Å²) in [6, 6.07) is 11.5. The van der Waals surface area contributed by atoms with Gasteiger partial charge in [-0.1, -0.05) is 23.8 Å². The Morgan fingerprint density at radius 2 is 2.00 bits per heavy atom. The minimum atomic E-state index is -3.65. The van der Waals surface area contributed by atoms with Gasteiger partial charge >= 0.3 is 0 Å². The number of sulfonamides is 1. The Morgan fingerprint density at radius 1 is 1.11 bits per heavy atom. The van der Waals surface area contributed by atoms with E-state index >= 15 is 0 Å². The number of pyridine rings is 1. The second-order valence-corrected chi connectivity index (χ2v) is 8.55. The number of allylic oxidation sites excluding steroid dienone is 1. The Bertz CT molecular complexity index is 940. The fourth-order valence-electron chi connectivity index (χ4n) is 3.14. The minimum Gasteiger partial charge on any atom is -0.346 e. The van der Waals surface area contributed by atoms with E-state index in [1.165, 1.54) is 30.5 Å². The zero-order chi connectivity index (χ0) is 19.8. The Hall–Kier alpha value is -2.51. The highest BCUT2D eigenvalue weighted by molar-refractivity contribution is 7.89. The number of rotatable bonds is 8. The Labute approximate surface area is 166 Å². The molecular formula is C21H25N3O3S. The van der Waals surface area contributed by atoms with Crippen molar-refractivity contribution in [1.82, 2.24) is 15.0 Å². The molecule has 28 heavy (non-hydrogen) atoms. The molecule has 2 aromatic rings. The smallest absolute Gasteiger partial charge is 0.251 e. The van der Waals surface area contributed by atoms with E-state index in [-0.39, 0.29) is 17.3 Å². The first-order valence-electron chi connectivity index (χ1n) is 9.50. The van der Waals surface area contributed by atoms with Crippen molar-refractivity contribution in [2.45, 2.75) is 43.5 Å². The summed E-state index contributed by atoms with van der Waals surface area (Å²) in [6.07, 6.45) is 9.11. The van der Waals surface area contributed by atoms with E-state index in [0.29, 0.717) is 12.1 Å². The normalized spacial score (nSPS) is 14.4. The summed E-state index contributed by atoms with van der Waals surface area (Å²) in [6.45, 7) is 0.647. The van der Waals surface area contributed by atoms with Crippen LogP contribution in [0.1, 0.15) is 48.2 Å². The first-order valence-corrected chi connectivity index (χ1v) is 11.0. The molecule has 2 N–H and O–H groups in total. The zero-order valence-electron chi connectivity index (χ0n) is 15.7. The molecule has 0 unspecified atom stereocenters. The number of aromatic nitrogens is 1. The van der Waals surface area contributed by atoms with Crippen LogP contribution in [0, 0.1) is 0 Å². The Balaban J connectivity index is 1.59. The molecule has 6 nitrogen and oxygen atoms in total. The molecule has 1 amide bonds.